The van der Waals surface area contributed by atoms with Crippen LogP contribution < -0.4 is 10.6 Å². The van der Waals surface area contributed by atoms with E-state index in [4.69, 9.17) is 0 Å². The van der Waals surface area contributed by atoms with Crippen LogP contribution in [-0.2, 0) is 4.79 Å². The molecule has 1 aromatic carbocycles. The topological polar surface area (TPSA) is 41.1 Å². The lowest BCUT2D eigenvalue weighted by atomic mass is 9.88. The minimum Gasteiger partial charge on any atom is -0.349 e. The molecular formula is C17H22N2O. The van der Waals surface area contributed by atoms with Crippen molar-refractivity contribution >= 4 is 5.91 Å². The molecule has 1 aromatic rings. The second-order valence-electron chi connectivity index (χ2n) is 6.62. The van der Waals surface area contributed by atoms with Gasteiger partial charge in [0.1, 0.15) is 0 Å². The number of hydrogen-bond donors (Lipinski definition) is 2. The van der Waals surface area contributed by atoms with Gasteiger partial charge in [-0.3, -0.25) is 4.79 Å². The van der Waals surface area contributed by atoms with Crippen molar-refractivity contribution in [3.63, 3.8) is 0 Å². The van der Waals surface area contributed by atoms with Gasteiger partial charge in [-0.15, -0.1) is 0 Å². The molecule has 20 heavy (non-hydrogen) atoms. The molecule has 2 N–H and O–H groups in total. The minimum atomic E-state index is 0.193. The van der Waals surface area contributed by atoms with Crippen molar-refractivity contribution in [3.05, 3.63) is 35.9 Å². The lowest BCUT2D eigenvalue weighted by Crippen LogP contribution is -2.40. The number of hydrogen-bond acceptors (Lipinski definition) is 2. The molecule has 2 saturated heterocycles. The van der Waals surface area contributed by atoms with Gasteiger partial charge in [0.15, 0.2) is 0 Å². The van der Waals surface area contributed by atoms with Crippen LogP contribution in [0.2, 0.25) is 0 Å². The van der Waals surface area contributed by atoms with E-state index in [1.165, 1.54) is 31.2 Å². The zero-order chi connectivity index (χ0) is 13.5. The van der Waals surface area contributed by atoms with Crippen LogP contribution in [-0.4, -0.2) is 18.0 Å². The Balaban J connectivity index is 1.47. The number of carbonyl (C=O) groups excluding carboxylic acids is 1. The third-order valence-corrected chi connectivity index (χ3v) is 5.19. The molecule has 1 aliphatic carbocycles. The number of carbonyl (C=O) groups is 1. The van der Waals surface area contributed by atoms with E-state index >= 15 is 0 Å². The SMILES string of the molecule is O=C(NC(c1ccccc1)C1CC1)C1CC2CCC1N2. The van der Waals surface area contributed by atoms with E-state index in [9.17, 15) is 4.79 Å². The van der Waals surface area contributed by atoms with Crippen LogP contribution in [0.1, 0.15) is 43.7 Å². The Morgan fingerprint density at radius 3 is 2.55 bits per heavy atom. The molecule has 2 heterocycles. The molecule has 2 aliphatic heterocycles. The maximum Gasteiger partial charge on any atom is 0.225 e. The van der Waals surface area contributed by atoms with E-state index < -0.39 is 0 Å². The maximum atomic E-state index is 12.6. The summed E-state index contributed by atoms with van der Waals surface area (Å²) in [5.74, 6) is 1.11. The quantitative estimate of drug-likeness (QED) is 0.882. The summed E-state index contributed by atoms with van der Waals surface area (Å²) in [6.07, 6.45) is 5.94. The van der Waals surface area contributed by atoms with Gasteiger partial charge in [0.05, 0.1) is 12.0 Å². The molecule has 0 spiro atoms. The Bertz CT molecular complexity index is 497. The summed E-state index contributed by atoms with van der Waals surface area (Å²) < 4.78 is 0. The standard InChI is InChI=1S/C17H22N2O/c20-17(14-10-13-8-9-15(14)18-13)19-16(12-6-7-12)11-4-2-1-3-5-11/h1-5,12-16,18H,6-10H2,(H,19,20). The van der Waals surface area contributed by atoms with Crippen molar-refractivity contribution in [2.24, 2.45) is 11.8 Å². The molecule has 1 saturated carbocycles. The van der Waals surface area contributed by atoms with Gasteiger partial charge in [-0.1, -0.05) is 30.3 Å². The van der Waals surface area contributed by atoms with Crippen molar-refractivity contribution in [1.29, 1.82) is 0 Å². The summed E-state index contributed by atoms with van der Waals surface area (Å²) in [5.41, 5.74) is 1.26. The van der Waals surface area contributed by atoms with Crippen LogP contribution >= 0.6 is 0 Å². The normalized spacial score (nSPS) is 33.1. The first kappa shape index (κ1) is 12.4. The molecule has 4 atom stereocenters. The van der Waals surface area contributed by atoms with Crippen LogP contribution in [0, 0.1) is 11.8 Å². The predicted octanol–water partition coefficient (Wildman–Crippen LogP) is 2.39. The average Bonchev–Trinajstić information content (AvgIpc) is 3.10. The van der Waals surface area contributed by atoms with E-state index in [-0.39, 0.29) is 17.9 Å². The molecule has 3 heteroatoms. The monoisotopic (exact) mass is 270 g/mol. The molecular weight excluding hydrogens is 248 g/mol. The highest BCUT2D eigenvalue weighted by atomic mass is 16.2. The molecule has 0 radical (unpaired) electrons. The van der Waals surface area contributed by atoms with Gasteiger partial charge in [0.2, 0.25) is 5.91 Å². The van der Waals surface area contributed by atoms with Crippen LogP contribution in [0.25, 0.3) is 0 Å². The molecule has 106 valence electrons. The highest BCUT2D eigenvalue weighted by molar-refractivity contribution is 5.80. The summed E-state index contributed by atoms with van der Waals surface area (Å²) in [6.45, 7) is 0. The van der Waals surface area contributed by atoms with E-state index in [1.807, 2.05) is 6.07 Å². The largest absolute Gasteiger partial charge is 0.349 e. The molecule has 0 aromatic heterocycles. The molecule has 3 aliphatic rings. The van der Waals surface area contributed by atoms with E-state index in [0.717, 1.165) is 6.42 Å². The van der Waals surface area contributed by atoms with Crippen LogP contribution in [0.15, 0.2) is 30.3 Å². The molecule has 4 unspecified atom stereocenters. The highest BCUT2D eigenvalue weighted by Gasteiger charge is 2.44. The summed E-state index contributed by atoms with van der Waals surface area (Å²) in [5, 5.41) is 6.90. The highest BCUT2D eigenvalue weighted by Crippen LogP contribution is 2.42. The molecule has 3 nitrogen and oxygen atoms in total. The first-order chi connectivity index (χ1) is 9.81. The lowest BCUT2D eigenvalue weighted by molar-refractivity contribution is -0.126. The number of fused-ring (bicyclic) bond motifs is 2. The molecule has 1 amide bonds. The second-order valence-corrected chi connectivity index (χ2v) is 6.62. The summed E-state index contributed by atoms with van der Waals surface area (Å²) in [4.78, 5) is 12.6. The van der Waals surface area contributed by atoms with Crippen molar-refractivity contribution in [3.8, 4) is 0 Å². The van der Waals surface area contributed by atoms with E-state index in [2.05, 4.69) is 34.9 Å². The average molecular weight is 270 g/mol. The maximum absolute atomic E-state index is 12.6. The second kappa shape index (κ2) is 4.88. The summed E-state index contributed by atoms with van der Waals surface area (Å²) in [7, 11) is 0. The Morgan fingerprint density at radius 2 is 1.95 bits per heavy atom. The van der Waals surface area contributed by atoms with Crippen molar-refractivity contribution in [2.45, 2.75) is 50.2 Å². The fourth-order valence-corrected chi connectivity index (χ4v) is 3.94. The number of nitrogens with one attached hydrogen (secondary N) is 2. The fraction of sp³-hybridized carbons (Fsp3) is 0.588. The van der Waals surface area contributed by atoms with Gasteiger partial charge in [-0.25, -0.2) is 0 Å². The Morgan fingerprint density at radius 1 is 1.15 bits per heavy atom. The minimum absolute atomic E-state index is 0.193. The molecule has 4 rings (SSSR count). The third-order valence-electron chi connectivity index (χ3n) is 5.19. The Hall–Kier alpha value is -1.35. The van der Waals surface area contributed by atoms with Gasteiger partial charge in [0, 0.05) is 12.1 Å². The van der Waals surface area contributed by atoms with Crippen LogP contribution in [0.5, 0.6) is 0 Å². The third kappa shape index (κ3) is 2.24. The van der Waals surface area contributed by atoms with Crippen molar-refractivity contribution in [1.82, 2.24) is 10.6 Å². The van der Waals surface area contributed by atoms with E-state index in [0.29, 0.717) is 18.0 Å². The van der Waals surface area contributed by atoms with Crippen molar-refractivity contribution in [2.75, 3.05) is 0 Å². The fourth-order valence-electron chi connectivity index (χ4n) is 3.94. The van der Waals surface area contributed by atoms with Gasteiger partial charge < -0.3 is 10.6 Å². The number of benzene rings is 1. The predicted molar refractivity (Wildman–Crippen MR) is 78.1 cm³/mol. The Kier molecular flexibility index (Phi) is 3.03. The van der Waals surface area contributed by atoms with E-state index in [1.54, 1.807) is 0 Å². The molecule has 2 bridgehead atoms. The smallest absolute Gasteiger partial charge is 0.225 e. The van der Waals surface area contributed by atoms with Gasteiger partial charge in [0.25, 0.3) is 0 Å². The van der Waals surface area contributed by atoms with Crippen molar-refractivity contribution < 1.29 is 4.79 Å². The molecule has 3 fully saturated rings. The van der Waals surface area contributed by atoms with Gasteiger partial charge in [-0.05, 0) is 43.6 Å². The number of amides is 1. The first-order valence-electron chi connectivity index (χ1n) is 7.92. The lowest BCUT2D eigenvalue weighted by Gasteiger charge is -2.24. The van der Waals surface area contributed by atoms with Crippen LogP contribution in [0.3, 0.4) is 0 Å². The van der Waals surface area contributed by atoms with Gasteiger partial charge in [-0.2, -0.15) is 0 Å². The Labute approximate surface area is 120 Å². The van der Waals surface area contributed by atoms with Gasteiger partial charge >= 0.3 is 0 Å². The first-order valence-corrected chi connectivity index (χ1v) is 7.92. The zero-order valence-corrected chi connectivity index (χ0v) is 11.7. The number of rotatable bonds is 4. The zero-order valence-electron chi connectivity index (χ0n) is 11.7. The summed E-state index contributed by atoms with van der Waals surface area (Å²) >= 11 is 0. The summed E-state index contributed by atoms with van der Waals surface area (Å²) in [6, 6.07) is 11.7. The van der Waals surface area contributed by atoms with Crippen LogP contribution in [0.4, 0.5) is 0 Å².